The summed E-state index contributed by atoms with van der Waals surface area (Å²) in [5.41, 5.74) is 1.82. The standard InChI is InChI=1S/C25H29F3N8O2/c1-14-9-34(17-12-38-13-17)6-5-16(14)8-29-25-30-24(37-2)23-22(18(26)10-36(23)32-25)15-3-4-19-20(7-15)35(33-31-19)11-21(27)28/h3-4,7,10,14,16-17,21H,5-6,8-9,11-13H2,1-2H3,(H,29,32)/t14-,16-/m1/s1. The second kappa shape index (κ2) is 10.0. The third-order valence-electron chi connectivity index (χ3n) is 7.63. The minimum absolute atomic E-state index is 0.202. The maximum absolute atomic E-state index is 15.3. The molecule has 0 unspecified atom stereocenters. The Morgan fingerprint density at radius 1 is 1.26 bits per heavy atom. The molecule has 38 heavy (non-hydrogen) atoms. The Balaban J connectivity index is 1.26. The molecule has 13 heteroatoms. The fraction of sp³-hybridized carbons (Fsp3) is 0.520. The van der Waals surface area contributed by atoms with Crippen LogP contribution in [0.5, 0.6) is 5.88 Å². The van der Waals surface area contributed by atoms with Crippen LogP contribution in [0.15, 0.2) is 24.4 Å². The van der Waals surface area contributed by atoms with Gasteiger partial charge in [0.05, 0.1) is 43.6 Å². The molecule has 0 aliphatic carbocycles. The van der Waals surface area contributed by atoms with Gasteiger partial charge in [0.2, 0.25) is 11.8 Å². The molecule has 2 aliphatic rings. The Morgan fingerprint density at radius 3 is 2.82 bits per heavy atom. The summed E-state index contributed by atoms with van der Waals surface area (Å²) in [5.74, 6) is 0.957. The van der Waals surface area contributed by atoms with Crippen molar-refractivity contribution in [2.24, 2.45) is 11.8 Å². The highest BCUT2D eigenvalue weighted by Gasteiger charge is 2.33. The van der Waals surface area contributed by atoms with Crippen molar-refractivity contribution in [3.8, 4) is 17.0 Å². The third-order valence-corrected chi connectivity index (χ3v) is 7.63. The number of rotatable bonds is 8. The molecular weight excluding hydrogens is 501 g/mol. The van der Waals surface area contributed by atoms with Gasteiger partial charge in [-0.1, -0.05) is 18.2 Å². The van der Waals surface area contributed by atoms with Gasteiger partial charge in [-0.05, 0) is 42.5 Å². The first-order chi connectivity index (χ1) is 18.4. The summed E-state index contributed by atoms with van der Waals surface area (Å²) in [6.07, 6.45) is -0.269. The van der Waals surface area contributed by atoms with E-state index >= 15 is 4.39 Å². The Hall–Kier alpha value is -3.45. The number of ether oxygens (including phenoxy) is 2. The minimum Gasteiger partial charge on any atom is -0.479 e. The lowest BCUT2D eigenvalue weighted by molar-refractivity contribution is -0.0805. The molecule has 1 aromatic carbocycles. The van der Waals surface area contributed by atoms with E-state index in [2.05, 4.69) is 37.5 Å². The normalized spacial score (nSPS) is 20.9. The summed E-state index contributed by atoms with van der Waals surface area (Å²) >= 11 is 0. The molecule has 0 spiro atoms. The molecule has 2 fully saturated rings. The van der Waals surface area contributed by atoms with Gasteiger partial charge in [-0.15, -0.1) is 10.2 Å². The molecule has 2 aliphatic heterocycles. The monoisotopic (exact) mass is 530 g/mol. The summed E-state index contributed by atoms with van der Waals surface area (Å²) in [7, 11) is 1.47. The number of nitrogens with zero attached hydrogens (tertiary/aromatic N) is 7. The van der Waals surface area contributed by atoms with Crippen molar-refractivity contribution in [1.82, 2.24) is 34.5 Å². The van der Waals surface area contributed by atoms with E-state index in [0.29, 0.717) is 52.5 Å². The zero-order valence-corrected chi connectivity index (χ0v) is 21.1. The van der Waals surface area contributed by atoms with Gasteiger partial charge in [0.25, 0.3) is 6.43 Å². The van der Waals surface area contributed by atoms with E-state index in [0.717, 1.165) is 37.4 Å². The summed E-state index contributed by atoms with van der Waals surface area (Å²) in [6, 6.07) is 5.42. The van der Waals surface area contributed by atoms with Gasteiger partial charge in [-0.25, -0.2) is 22.4 Å². The Morgan fingerprint density at radius 2 is 2.11 bits per heavy atom. The number of hydrogen-bond donors (Lipinski definition) is 1. The number of nitrogens with one attached hydrogen (secondary N) is 1. The largest absolute Gasteiger partial charge is 0.479 e. The number of anilines is 1. The molecule has 2 saturated heterocycles. The fourth-order valence-electron chi connectivity index (χ4n) is 5.42. The molecule has 2 atom stereocenters. The Labute approximate surface area is 216 Å². The van der Waals surface area contributed by atoms with Gasteiger partial charge >= 0.3 is 0 Å². The minimum atomic E-state index is -2.59. The first-order valence-electron chi connectivity index (χ1n) is 12.7. The van der Waals surface area contributed by atoms with Gasteiger partial charge < -0.3 is 14.8 Å². The average Bonchev–Trinajstić information content (AvgIpc) is 3.40. The van der Waals surface area contributed by atoms with E-state index in [1.54, 1.807) is 18.2 Å². The second-order valence-corrected chi connectivity index (χ2v) is 10.0. The molecule has 6 rings (SSSR count). The van der Waals surface area contributed by atoms with Gasteiger partial charge in [-0.2, -0.15) is 4.98 Å². The van der Waals surface area contributed by atoms with Crippen molar-refractivity contribution in [3.63, 3.8) is 0 Å². The number of halogens is 3. The molecule has 3 aromatic heterocycles. The molecule has 202 valence electrons. The summed E-state index contributed by atoms with van der Waals surface area (Å²) < 4.78 is 54.7. The predicted octanol–water partition coefficient (Wildman–Crippen LogP) is 3.32. The summed E-state index contributed by atoms with van der Waals surface area (Å²) in [4.78, 5) is 7.02. The molecular formula is C25H29F3N8O2. The molecule has 0 amide bonds. The highest BCUT2D eigenvalue weighted by molar-refractivity contribution is 5.89. The topological polar surface area (TPSA) is 94.6 Å². The van der Waals surface area contributed by atoms with Crippen molar-refractivity contribution in [2.75, 3.05) is 45.3 Å². The maximum Gasteiger partial charge on any atom is 0.258 e. The highest BCUT2D eigenvalue weighted by Crippen LogP contribution is 2.35. The zero-order valence-electron chi connectivity index (χ0n) is 21.1. The van der Waals surface area contributed by atoms with E-state index in [9.17, 15) is 8.78 Å². The van der Waals surface area contributed by atoms with Crippen LogP contribution < -0.4 is 10.1 Å². The third kappa shape index (κ3) is 4.53. The molecule has 0 bridgehead atoms. The number of alkyl halides is 2. The van der Waals surface area contributed by atoms with Crippen LogP contribution in [0.1, 0.15) is 13.3 Å². The quantitative estimate of drug-likeness (QED) is 0.371. The lowest BCUT2D eigenvalue weighted by atomic mass is 9.86. The van der Waals surface area contributed by atoms with Gasteiger partial charge in [0.1, 0.15) is 17.6 Å². The number of piperidine rings is 1. The van der Waals surface area contributed by atoms with Crippen molar-refractivity contribution < 1.29 is 22.6 Å². The Kier molecular flexibility index (Phi) is 6.56. The fourth-order valence-corrected chi connectivity index (χ4v) is 5.42. The lowest BCUT2D eigenvalue weighted by Gasteiger charge is -2.44. The van der Waals surface area contributed by atoms with Crippen molar-refractivity contribution in [3.05, 3.63) is 30.2 Å². The first kappa shape index (κ1) is 24.9. The summed E-state index contributed by atoms with van der Waals surface area (Å²) in [6.45, 7) is 6.07. The van der Waals surface area contributed by atoms with Crippen molar-refractivity contribution in [2.45, 2.75) is 32.4 Å². The van der Waals surface area contributed by atoms with E-state index in [1.165, 1.54) is 17.8 Å². The SMILES string of the molecule is COc1nc(NC[C@H]2CCN(C3COC3)C[C@H]2C)nn2cc(F)c(-c3ccc4nnn(CC(F)F)c4c3)c12. The molecule has 0 radical (unpaired) electrons. The molecule has 10 nitrogen and oxygen atoms in total. The first-order valence-corrected chi connectivity index (χ1v) is 12.7. The second-order valence-electron chi connectivity index (χ2n) is 10.0. The van der Waals surface area contributed by atoms with Crippen LogP contribution in [0.3, 0.4) is 0 Å². The molecule has 1 N–H and O–H groups in total. The summed E-state index contributed by atoms with van der Waals surface area (Å²) in [5, 5.41) is 15.5. The van der Waals surface area contributed by atoms with E-state index in [4.69, 9.17) is 9.47 Å². The van der Waals surface area contributed by atoms with Gasteiger partial charge in [0.15, 0.2) is 5.82 Å². The van der Waals surface area contributed by atoms with Crippen LogP contribution in [-0.2, 0) is 11.3 Å². The van der Waals surface area contributed by atoms with Crippen molar-refractivity contribution in [1.29, 1.82) is 0 Å². The van der Waals surface area contributed by atoms with Crippen LogP contribution in [0.2, 0.25) is 0 Å². The maximum atomic E-state index is 15.3. The number of aromatic nitrogens is 6. The van der Waals surface area contributed by atoms with Crippen LogP contribution in [0.4, 0.5) is 19.1 Å². The number of fused-ring (bicyclic) bond motifs is 2. The Bertz CT molecular complexity index is 1450. The zero-order chi connectivity index (χ0) is 26.4. The van der Waals surface area contributed by atoms with Gasteiger partial charge in [0, 0.05) is 13.1 Å². The highest BCUT2D eigenvalue weighted by atomic mass is 19.3. The lowest BCUT2D eigenvalue weighted by Crippen LogP contribution is -2.54. The van der Waals surface area contributed by atoms with E-state index in [1.807, 2.05) is 0 Å². The number of hydrogen-bond acceptors (Lipinski definition) is 8. The van der Waals surface area contributed by atoms with E-state index in [-0.39, 0.29) is 11.4 Å². The van der Waals surface area contributed by atoms with Crippen LogP contribution in [0.25, 0.3) is 27.7 Å². The predicted molar refractivity (Wildman–Crippen MR) is 134 cm³/mol. The van der Waals surface area contributed by atoms with Crippen LogP contribution in [0, 0.1) is 17.7 Å². The average molecular weight is 531 g/mol. The molecule has 5 heterocycles. The smallest absolute Gasteiger partial charge is 0.258 e. The van der Waals surface area contributed by atoms with Crippen LogP contribution >= 0.6 is 0 Å². The number of likely N-dealkylation sites (tertiary alicyclic amines) is 1. The number of methoxy groups -OCH3 is 1. The molecule has 4 aromatic rings. The van der Waals surface area contributed by atoms with E-state index < -0.39 is 18.8 Å². The molecule has 0 saturated carbocycles. The van der Waals surface area contributed by atoms with Crippen LogP contribution in [-0.4, -0.2) is 86.9 Å². The van der Waals surface area contributed by atoms with Crippen molar-refractivity contribution >= 4 is 22.5 Å². The van der Waals surface area contributed by atoms with Gasteiger partial charge in [-0.3, -0.25) is 4.90 Å². The number of benzene rings is 1.